The highest BCUT2D eigenvalue weighted by molar-refractivity contribution is 5.99. The summed E-state index contributed by atoms with van der Waals surface area (Å²) in [5.74, 6) is -7.35. The van der Waals surface area contributed by atoms with Crippen molar-refractivity contribution in [1.82, 2.24) is 20.4 Å². The van der Waals surface area contributed by atoms with E-state index < -0.39 is 54.2 Å². The summed E-state index contributed by atoms with van der Waals surface area (Å²) in [5, 5.41) is 5.92. The number of carbonyl (C=O) groups is 2. The van der Waals surface area contributed by atoms with Crippen molar-refractivity contribution < 1.29 is 40.8 Å². The summed E-state index contributed by atoms with van der Waals surface area (Å²) < 4.78 is 74.4. The van der Waals surface area contributed by atoms with E-state index in [2.05, 4.69) is 20.0 Å². The van der Waals surface area contributed by atoms with Crippen LogP contribution in [0.1, 0.15) is 34.7 Å². The SMILES string of the molecule is O=C(N[C@H]1COCC[C@@H]1N1Cc2ccc(-c3noc(C(F)(F)F)n3)cc2C1=O)C1CC1(F)F. The first-order valence-corrected chi connectivity index (χ1v) is 10.2. The number of halogens is 5. The van der Waals surface area contributed by atoms with E-state index >= 15 is 0 Å². The molecular formula is C20H17F5N4O4. The van der Waals surface area contributed by atoms with Crippen LogP contribution in [0.25, 0.3) is 11.4 Å². The molecule has 5 rings (SSSR count). The van der Waals surface area contributed by atoms with Gasteiger partial charge in [0.25, 0.3) is 11.8 Å². The molecule has 1 saturated heterocycles. The molecule has 1 aliphatic carbocycles. The Balaban J connectivity index is 1.34. The number of nitrogens with zero attached hydrogens (tertiary/aromatic N) is 3. The molecule has 2 amide bonds. The summed E-state index contributed by atoms with van der Waals surface area (Å²) in [5.41, 5.74) is 1.07. The Morgan fingerprint density at radius 2 is 2.03 bits per heavy atom. The largest absolute Gasteiger partial charge is 0.471 e. The summed E-state index contributed by atoms with van der Waals surface area (Å²) in [6, 6.07) is 3.32. The van der Waals surface area contributed by atoms with Crippen molar-refractivity contribution in [2.45, 2.75) is 43.6 Å². The van der Waals surface area contributed by atoms with Crippen LogP contribution < -0.4 is 5.32 Å². The Labute approximate surface area is 183 Å². The molecule has 1 aromatic carbocycles. The molecule has 2 aromatic rings. The predicted molar refractivity (Wildman–Crippen MR) is 98.8 cm³/mol. The molecule has 13 heteroatoms. The number of benzene rings is 1. The summed E-state index contributed by atoms with van der Waals surface area (Å²) in [4.78, 5) is 30.2. The standard InChI is InChI=1S/C20H17F5N4O4/c21-19(22)6-12(19)16(30)26-13-8-32-4-3-14(13)29-7-10-2-1-9(5-11(10)17(29)31)15-27-18(33-28-15)20(23,24)25/h1-2,5,12-14H,3-4,6-8H2,(H,26,30)/t12?,13-,14-/m0/s1. The molecule has 0 bridgehead atoms. The Morgan fingerprint density at radius 1 is 1.27 bits per heavy atom. The normalized spacial score (nSPS) is 26.3. The number of hydrogen-bond acceptors (Lipinski definition) is 6. The van der Waals surface area contributed by atoms with Crippen molar-refractivity contribution in [3.63, 3.8) is 0 Å². The third kappa shape index (κ3) is 3.94. The van der Waals surface area contributed by atoms with Crippen LogP contribution in [0.15, 0.2) is 22.7 Å². The molecule has 2 fully saturated rings. The summed E-state index contributed by atoms with van der Waals surface area (Å²) >= 11 is 0. The van der Waals surface area contributed by atoms with Crippen LogP contribution in [-0.4, -0.2) is 58.1 Å². The number of ether oxygens (including phenoxy) is 1. The number of amides is 2. The minimum absolute atomic E-state index is 0.0726. The number of aromatic nitrogens is 2. The fraction of sp³-hybridized carbons (Fsp3) is 0.500. The second kappa shape index (κ2) is 7.47. The van der Waals surface area contributed by atoms with E-state index in [0.29, 0.717) is 18.6 Å². The van der Waals surface area contributed by atoms with E-state index in [0.717, 1.165) is 0 Å². The average molecular weight is 472 g/mol. The van der Waals surface area contributed by atoms with Gasteiger partial charge in [0.05, 0.1) is 18.7 Å². The van der Waals surface area contributed by atoms with Crippen molar-refractivity contribution in [1.29, 1.82) is 0 Å². The fourth-order valence-corrected chi connectivity index (χ4v) is 4.20. The zero-order valence-electron chi connectivity index (χ0n) is 16.9. The molecule has 2 aliphatic heterocycles. The van der Waals surface area contributed by atoms with Gasteiger partial charge in [0.15, 0.2) is 0 Å². The van der Waals surface area contributed by atoms with Gasteiger partial charge in [0.1, 0.15) is 5.92 Å². The van der Waals surface area contributed by atoms with Crippen LogP contribution in [0.4, 0.5) is 22.0 Å². The lowest BCUT2D eigenvalue weighted by Gasteiger charge is -2.38. The van der Waals surface area contributed by atoms with E-state index in [1.165, 1.54) is 17.0 Å². The summed E-state index contributed by atoms with van der Waals surface area (Å²) in [6.45, 7) is 0.597. The fourth-order valence-electron chi connectivity index (χ4n) is 4.20. The van der Waals surface area contributed by atoms with Gasteiger partial charge in [0.2, 0.25) is 11.7 Å². The number of hydrogen-bond donors (Lipinski definition) is 1. The molecule has 8 nitrogen and oxygen atoms in total. The van der Waals surface area contributed by atoms with Crippen LogP contribution in [0.2, 0.25) is 0 Å². The van der Waals surface area contributed by atoms with E-state index in [1.807, 2.05) is 0 Å². The Kier molecular flexibility index (Phi) is 4.92. The molecule has 3 heterocycles. The third-order valence-electron chi connectivity index (χ3n) is 6.06. The molecule has 1 saturated carbocycles. The molecule has 3 aliphatic rings. The van der Waals surface area contributed by atoms with Gasteiger partial charge in [-0.15, -0.1) is 0 Å². The predicted octanol–water partition coefficient (Wildman–Crippen LogP) is 2.64. The van der Waals surface area contributed by atoms with Gasteiger partial charge < -0.3 is 19.5 Å². The molecule has 1 N–H and O–H groups in total. The van der Waals surface area contributed by atoms with E-state index in [9.17, 15) is 31.5 Å². The maximum Gasteiger partial charge on any atom is 0.471 e. The van der Waals surface area contributed by atoms with Crippen molar-refractivity contribution in [2.24, 2.45) is 5.92 Å². The van der Waals surface area contributed by atoms with Crippen molar-refractivity contribution in [3.8, 4) is 11.4 Å². The van der Waals surface area contributed by atoms with Gasteiger partial charge in [-0.1, -0.05) is 17.3 Å². The van der Waals surface area contributed by atoms with E-state index in [4.69, 9.17) is 4.74 Å². The minimum Gasteiger partial charge on any atom is -0.379 e. The first-order valence-electron chi connectivity index (χ1n) is 10.2. The van der Waals surface area contributed by atoms with Crippen LogP contribution in [0.3, 0.4) is 0 Å². The van der Waals surface area contributed by atoms with Gasteiger partial charge in [-0.2, -0.15) is 18.2 Å². The number of fused-ring (bicyclic) bond motifs is 1. The van der Waals surface area contributed by atoms with Crippen molar-refractivity contribution in [2.75, 3.05) is 13.2 Å². The third-order valence-corrected chi connectivity index (χ3v) is 6.06. The number of nitrogens with one attached hydrogen (secondary N) is 1. The zero-order valence-corrected chi connectivity index (χ0v) is 16.9. The second-order valence-electron chi connectivity index (χ2n) is 8.29. The summed E-state index contributed by atoms with van der Waals surface area (Å²) in [6.07, 6.45) is -4.90. The average Bonchev–Trinajstić information content (AvgIpc) is 3.09. The quantitative estimate of drug-likeness (QED) is 0.688. The first kappa shape index (κ1) is 21.7. The van der Waals surface area contributed by atoms with Gasteiger partial charge in [-0.05, 0) is 18.1 Å². The molecule has 176 valence electrons. The molecule has 3 atom stereocenters. The molecule has 1 unspecified atom stereocenters. The highest BCUT2D eigenvalue weighted by Crippen LogP contribution is 2.48. The van der Waals surface area contributed by atoms with Gasteiger partial charge in [-0.3, -0.25) is 9.59 Å². The summed E-state index contributed by atoms with van der Waals surface area (Å²) in [7, 11) is 0. The molecule has 0 spiro atoms. The van der Waals surface area contributed by atoms with Crippen LogP contribution in [0, 0.1) is 5.92 Å². The van der Waals surface area contributed by atoms with Crippen molar-refractivity contribution >= 4 is 11.8 Å². The van der Waals surface area contributed by atoms with Crippen molar-refractivity contribution in [3.05, 3.63) is 35.2 Å². The monoisotopic (exact) mass is 472 g/mol. The van der Waals surface area contributed by atoms with Crippen LogP contribution in [-0.2, 0) is 22.3 Å². The molecular weight excluding hydrogens is 455 g/mol. The number of carbonyl (C=O) groups excluding carboxylic acids is 2. The van der Waals surface area contributed by atoms with Crippen LogP contribution >= 0.6 is 0 Å². The highest BCUT2D eigenvalue weighted by atomic mass is 19.4. The lowest BCUT2D eigenvalue weighted by atomic mass is 10.0. The number of alkyl halides is 5. The van der Waals surface area contributed by atoms with Crippen LogP contribution in [0.5, 0.6) is 0 Å². The molecule has 33 heavy (non-hydrogen) atoms. The minimum atomic E-state index is -4.79. The second-order valence-corrected chi connectivity index (χ2v) is 8.29. The first-order chi connectivity index (χ1) is 15.5. The number of rotatable bonds is 4. The Bertz CT molecular complexity index is 1120. The van der Waals surface area contributed by atoms with E-state index in [-0.39, 0.29) is 30.1 Å². The zero-order chi connectivity index (χ0) is 23.5. The molecule has 1 aromatic heterocycles. The topological polar surface area (TPSA) is 97.6 Å². The Hall–Kier alpha value is -3.09. The van der Waals surface area contributed by atoms with E-state index in [1.54, 1.807) is 6.07 Å². The van der Waals surface area contributed by atoms with Gasteiger partial charge >= 0.3 is 12.1 Å². The lowest BCUT2D eigenvalue weighted by Crippen LogP contribution is -2.57. The smallest absolute Gasteiger partial charge is 0.379 e. The maximum atomic E-state index is 13.2. The Morgan fingerprint density at radius 3 is 2.70 bits per heavy atom. The highest BCUT2D eigenvalue weighted by Gasteiger charge is 2.61. The van der Waals surface area contributed by atoms with Gasteiger partial charge in [-0.25, -0.2) is 8.78 Å². The van der Waals surface area contributed by atoms with Gasteiger partial charge in [0, 0.05) is 30.7 Å². The molecule has 0 radical (unpaired) electrons. The maximum absolute atomic E-state index is 13.2. The lowest BCUT2D eigenvalue weighted by molar-refractivity contribution is -0.159.